The number of nitrogens with zero attached hydrogens (tertiary/aromatic N) is 2. The third kappa shape index (κ3) is 8.47. The van der Waals surface area contributed by atoms with Crippen LogP contribution in [0.1, 0.15) is 46.7 Å². The summed E-state index contributed by atoms with van der Waals surface area (Å²) >= 11 is 12.9. The molecule has 3 atom stereocenters. The minimum absolute atomic E-state index is 0.00757. The van der Waals surface area contributed by atoms with E-state index in [4.69, 9.17) is 23.2 Å². The number of aliphatic carboxylic acids is 1. The monoisotopic (exact) mass is 580 g/mol. The van der Waals surface area contributed by atoms with E-state index in [2.05, 4.69) is 15.6 Å². The number of halogens is 2. The Kier molecular flexibility index (Phi) is 11.2. The number of carboxylic acids is 1. The number of aromatic hydroxyl groups is 1. The SMILES string of the molecule is CN=C(NC[C@H](NC(=O)c1c(Cl)cc(CCC(CCO)c2cccc(O)c2)cc1Cl)C(=O)O)N1CC[C@H](O)C1. The maximum atomic E-state index is 13.0. The molecular weight excluding hydrogens is 547 g/mol. The molecule has 0 aromatic heterocycles. The number of benzene rings is 2. The second-order valence-electron chi connectivity index (χ2n) is 9.46. The highest BCUT2D eigenvalue weighted by Gasteiger charge is 2.27. The van der Waals surface area contributed by atoms with Gasteiger partial charge in [0, 0.05) is 33.3 Å². The Balaban J connectivity index is 1.66. The zero-order valence-electron chi connectivity index (χ0n) is 21.6. The van der Waals surface area contributed by atoms with Gasteiger partial charge in [0.1, 0.15) is 11.8 Å². The number of hydrogen-bond acceptors (Lipinski definition) is 6. The molecule has 0 aliphatic carbocycles. The Hall–Kier alpha value is -3.05. The van der Waals surface area contributed by atoms with Gasteiger partial charge >= 0.3 is 5.97 Å². The number of β-amino-alcohol motifs (C(OH)–C–C–N with tert-alkyl or cyclic N) is 1. The summed E-state index contributed by atoms with van der Waals surface area (Å²) in [6, 6.07) is 8.85. The molecule has 1 aliphatic heterocycles. The van der Waals surface area contributed by atoms with E-state index in [1.54, 1.807) is 37.4 Å². The van der Waals surface area contributed by atoms with Crippen LogP contribution in [-0.4, -0.2) is 88.6 Å². The molecule has 1 unspecified atom stereocenters. The largest absolute Gasteiger partial charge is 0.508 e. The van der Waals surface area contributed by atoms with Gasteiger partial charge in [-0.1, -0.05) is 35.3 Å². The number of carbonyl (C=O) groups excluding carboxylic acids is 1. The van der Waals surface area contributed by atoms with E-state index in [1.165, 1.54) is 0 Å². The van der Waals surface area contributed by atoms with Crippen LogP contribution in [0, 0.1) is 0 Å². The van der Waals surface area contributed by atoms with Gasteiger partial charge in [-0.2, -0.15) is 0 Å². The van der Waals surface area contributed by atoms with Crippen LogP contribution >= 0.6 is 23.2 Å². The van der Waals surface area contributed by atoms with E-state index in [0.717, 1.165) is 11.1 Å². The Morgan fingerprint density at radius 1 is 1.18 bits per heavy atom. The molecule has 3 rings (SSSR count). The Morgan fingerprint density at radius 3 is 2.46 bits per heavy atom. The third-order valence-electron chi connectivity index (χ3n) is 6.67. The van der Waals surface area contributed by atoms with E-state index in [-0.39, 0.29) is 40.4 Å². The number of aryl methyl sites for hydroxylation is 1. The van der Waals surface area contributed by atoms with Crippen LogP contribution in [0.15, 0.2) is 41.4 Å². The van der Waals surface area contributed by atoms with Gasteiger partial charge in [0.05, 0.1) is 21.7 Å². The predicted molar refractivity (Wildman–Crippen MR) is 150 cm³/mol. The molecule has 1 amide bonds. The van der Waals surface area contributed by atoms with E-state index in [0.29, 0.717) is 44.7 Å². The van der Waals surface area contributed by atoms with Crippen LogP contribution in [0.3, 0.4) is 0 Å². The number of rotatable bonds is 11. The summed E-state index contributed by atoms with van der Waals surface area (Å²) in [6.45, 7) is 0.814. The fraction of sp³-hybridized carbons (Fsp3) is 0.444. The van der Waals surface area contributed by atoms with Gasteiger partial charge in [-0.15, -0.1) is 0 Å². The van der Waals surface area contributed by atoms with Crippen molar-refractivity contribution in [2.24, 2.45) is 4.99 Å². The summed E-state index contributed by atoms with van der Waals surface area (Å²) in [5, 5.41) is 44.3. The first-order valence-electron chi connectivity index (χ1n) is 12.7. The van der Waals surface area contributed by atoms with E-state index in [9.17, 15) is 30.0 Å². The van der Waals surface area contributed by atoms with Crippen LogP contribution in [0.25, 0.3) is 0 Å². The number of carbonyl (C=O) groups is 2. The number of likely N-dealkylation sites (tertiary alicyclic amines) is 1. The standard InChI is InChI=1S/C27H34Cl2N4O6/c1-30-27(33-9-7-20(36)15-33)31-14-23(26(38)39)32-25(37)24-21(28)11-16(12-22(24)29)5-6-17(8-10-34)18-3-2-4-19(35)13-18/h2-4,11-13,17,20,23,34-36H,5-10,14-15H2,1H3,(H,30,31)(H,32,37)(H,38,39)/t17?,20-,23-/m0/s1. The number of phenols is 1. The zero-order chi connectivity index (χ0) is 28.5. The molecule has 12 heteroatoms. The number of nitrogens with one attached hydrogen (secondary N) is 2. The topological polar surface area (TPSA) is 155 Å². The van der Waals surface area contributed by atoms with Gasteiger partial charge < -0.3 is 36.0 Å². The summed E-state index contributed by atoms with van der Waals surface area (Å²) in [5.74, 6) is -1.40. The summed E-state index contributed by atoms with van der Waals surface area (Å²) in [7, 11) is 1.55. The Bertz CT molecular complexity index is 1170. The minimum Gasteiger partial charge on any atom is -0.508 e. The number of aliphatic hydroxyl groups is 2. The fourth-order valence-electron chi connectivity index (χ4n) is 4.63. The number of amides is 1. The number of hydrogen-bond donors (Lipinski definition) is 6. The van der Waals surface area contributed by atoms with E-state index < -0.39 is 24.0 Å². The van der Waals surface area contributed by atoms with Crippen LogP contribution < -0.4 is 10.6 Å². The van der Waals surface area contributed by atoms with Crippen molar-refractivity contribution < 1.29 is 30.0 Å². The zero-order valence-corrected chi connectivity index (χ0v) is 23.1. The van der Waals surface area contributed by atoms with Crippen molar-refractivity contribution in [3.63, 3.8) is 0 Å². The van der Waals surface area contributed by atoms with Gasteiger partial charge in [-0.25, -0.2) is 4.79 Å². The molecule has 0 saturated carbocycles. The lowest BCUT2D eigenvalue weighted by molar-refractivity contribution is -0.139. The molecular formula is C27H34Cl2N4O6. The molecule has 2 aromatic rings. The van der Waals surface area contributed by atoms with Gasteiger partial charge in [0.15, 0.2) is 5.96 Å². The number of phenolic OH excluding ortho intramolecular Hbond substituents is 1. The fourth-order valence-corrected chi connectivity index (χ4v) is 5.33. The van der Waals surface area contributed by atoms with Gasteiger partial charge in [-0.3, -0.25) is 9.79 Å². The Morgan fingerprint density at radius 2 is 1.90 bits per heavy atom. The highest BCUT2D eigenvalue weighted by Crippen LogP contribution is 2.31. The van der Waals surface area contributed by atoms with Gasteiger partial charge in [0.25, 0.3) is 5.91 Å². The maximum absolute atomic E-state index is 13.0. The first-order valence-corrected chi connectivity index (χ1v) is 13.4. The number of carboxylic acid groups (broad SMARTS) is 1. The summed E-state index contributed by atoms with van der Waals surface area (Å²) in [5.41, 5.74) is 1.65. The highest BCUT2D eigenvalue weighted by atomic mass is 35.5. The molecule has 212 valence electrons. The molecule has 1 aliphatic rings. The van der Waals surface area contributed by atoms with Gasteiger partial charge in [0.2, 0.25) is 0 Å². The van der Waals surface area contributed by atoms with Crippen molar-refractivity contribution in [3.8, 4) is 5.75 Å². The van der Waals surface area contributed by atoms with Crippen LogP contribution in [0.2, 0.25) is 10.0 Å². The van der Waals surface area contributed by atoms with Crippen molar-refractivity contribution in [2.45, 2.75) is 43.7 Å². The summed E-state index contributed by atoms with van der Waals surface area (Å²) in [6.07, 6.45) is 1.82. The van der Waals surface area contributed by atoms with Crippen LogP contribution in [0.4, 0.5) is 0 Å². The lowest BCUT2D eigenvalue weighted by Gasteiger charge is -2.23. The molecule has 1 saturated heterocycles. The van der Waals surface area contributed by atoms with Crippen molar-refractivity contribution in [3.05, 3.63) is 63.1 Å². The second-order valence-corrected chi connectivity index (χ2v) is 10.3. The molecule has 10 nitrogen and oxygen atoms in total. The van der Waals surface area contributed by atoms with Crippen molar-refractivity contribution >= 4 is 41.0 Å². The molecule has 0 bridgehead atoms. The van der Waals surface area contributed by atoms with E-state index in [1.807, 2.05) is 11.0 Å². The molecule has 1 fully saturated rings. The first-order chi connectivity index (χ1) is 18.6. The maximum Gasteiger partial charge on any atom is 0.328 e. The summed E-state index contributed by atoms with van der Waals surface area (Å²) < 4.78 is 0. The van der Waals surface area contributed by atoms with E-state index >= 15 is 0 Å². The summed E-state index contributed by atoms with van der Waals surface area (Å²) in [4.78, 5) is 30.8. The van der Waals surface area contributed by atoms with Crippen LogP contribution in [-0.2, 0) is 11.2 Å². The van der Waals surface area contributed by atoms with Crippen molar-refractivity contribution in [1.29, 1.82) is 0 Å². The molecule has 6 N–H and O–H groups in total. The number of aliphatic hydroxyl groups excluding tert-OH is 2. The highest BCUT2D eigenvalue weighted by molar-refractivity contribution is 6.39. The first kappa shape index (κ1) is 30.5. The Labute approximate surface area is 237 Å². The van der Waals surface area contributed by atoms with Crippen LogP contribution in [0.5, 0.6) is 5.75 Å². The molecule has 0 radical (unpaired) electrons. The average molecular weight is 581 g/mol. The van der Waals surface area contributed by atoms with Crippen molar-refractivity contribution in [1.82, 2.24) is 15.5 Å². The second kappa shape index (κ2) is 14.4. The lowest BCUT2D eigenvalue weighted by Crippen LogP contribution is -2.51. The molecule has 2 aromatic carbocycles. The van der Waals surface area contributed by atoms with Gasteiger partial charge in [-0.05, 0) is 67.0 Å². The average Bonchev–Trinajstić information content (AvgIpc) is 3.31. The number of aliphatic imine (C=N–C) groups is 1. The molecule has 1 heterocycles. The van der Waals surface area contributed by atoms with Crippen molar-refractivity contribution in [2.75, 3.05) is 33.3 Å². The minimum atomic E-state index is -1.30. The normalized spacial score (nSPS) is 17.1. The smallest absolute Gasteiger partial charge is 0.328 e. The molecule has 39 heavy (non-hydrogen) atoms. The molecule has 0 spiro atoms. The third-order valence-corrected chi connectivity index (χ3v) is 7.27. The predicted octanol–water partition coefficient (Wildman–Crippen LogP) is 2.62. The number of guanidine groups is 1. The lowest BCUT2D eigenvalue weighted by atomic mass is 9.89. The quantitative estimate of drug-likeness (QED) is 0.175.